The molecule has 100 valence electrons. The Balaban J connectivity index is 2.23. The van der Waals surface area contributed by atoms with Crippen LogP contribution in [0.4, 0.5) is 11.4 Å². The largest absolute Gasteiger partial charge is 0.426 e. The lowest BCUT2D eigenvalue weighted by Crippen LogP contribution is -1.95. The van der Waals surface area contributed by atoms with E-state index < -0.39 is 4.92 Å². The fourth-order valence-corrected chi connectivity index (χ4v) is 2.03. The molecule has 0 unspecified atom stereocenters. The second-order valence-electron chi connectivity index (χ2n) is 4.30. The van der Waals surface area contributed by atoms with Gasteiger partial charge in [-0.05, 0) is 18.2 Å². The summed E-state index contributed by atoms with van der Waals surface area (Å²) in [7, 11) is 0. The Labute approximate surface area is 113 Å². The van der Waals surface area contributed by atoms with E-state index in [1.54, 1.807) is 24.3 Å². The molecule has 0 bridgehead atoms. The number of nitrogen functional groups attached to an aromatic ring is 1. The minimum absolute atomic E-state index is 0.105. The van der Waals surface area contributed by atoms with Crippen molar-refractivity contribution in [2.75, 3.05) is 5.73 Å². The van der Waals surface area contributed by atoms with Crippen molar-refractivity contribution in [2.24, 2.45) is 0 Å². The summed E-state index contributed by atoms with van der Waals surface area (Å²) in [4.78, 5) is 14.5. The van der Waals surface area contributed by atoms with Crippen LogP contribution in [-0.4, -0.2) is 19.8 Å². The highest BCUT2D eigenvalue weighted by Gasteiger charge is 2.15. The third-order valence-electron chi connectivity index (χ3n) is 2.97. The van der Waals surface area contributed by atoms with Gasteiger partial charge >= 0.3 is 0 Å². The van der Waals surface area contributed by atoms with Crippen LogP contribution in [0.5, 0.6) is 0 Å². The molecule has 1 aromatic heterocycles. The molecule has 3 aromatic rings. The van der Waals surface area contributed by atoms with Gasteiger partial charge in [-0.2, -0.15) is 4.73 Å². The molecule has 0 saturated heterocycles. The summed E-state index contributed by atoms with van der Waals surface area (Å²) >= 11 is 0. The summed E-state index contributed by atoms with van der Waals surface area (Å²) in [5.41, 5.74) is 7.51. The van der Waals surface area contributed by atoms with Crippen LogP contribution in [0.2, 0.25) is 0 Å². The normalized spacial score (nSPS) is 10.8. The van der Waals surface area contributed by atoms with E-state index in [1.165, 1.54) is 18.2 Å². The third kappa shape index (κ3) is 1.81. The minimum atomic E-state index is -0.521. The highest BCUT2D eigenvalue weighted by Crippen LogP contribution is 2.27. The summed E-state index contributed by atoms with van der Waals surface area (Å²) < 4.78 is 0.830. The van der Waals surface area contributed by atoms with Crippen molar-refractivity contribution in [3.63, 3.8) is 0 Å². The monoisotopic (exact) mass is 270 g/mol. The quantitative estimate of drug-likeness (QED) is 0.322. The molecule has 0 aliphatic carbocycles. The van der Waals surface area contributed by atoms with Crippen molar-refractivity contribution in [1.29, 1.82) is 0 Å². The Kier molecular flexibility index (Phi) is 2.53. The summed E-state index contributed by atoms with van der Waals surface area (Å²) in [6.45, 7) is 0. The van der Waals surface area contributed by atoms with Gasteiger partial charge in [-0.1, -0.05) is 12.1 Å². The second kappa shape index (κ2) is 4.23. The summed E-state index contributed by atoms with van der Waals surface area (Å²) in [5, 5.41) is 20.9. The van der Waals surface area contributed by atoms with Crippen LogP contribution in [0.15, 0.2) is 42.5 Å². The number of aromatic nitrogens is 2. The van der Waals surface area contributed by atoms with Crippen molar-refractivity contribution in [2.45, 2.75) is 0 Å². The molecule has 3 N–H and O–H groups in total. The standard InChI is InChI=1S/C13H10N4O3/c14-9-3-1-2-8(6-9)13-15-11-5-4-10(17(19)20)7-12(11)16(13)18/h1-7,18H,14H2. The first kappa shape index (κ1) is 12.0. The average Bonchev–Trinajstić information content (AvgIpc) is 2.76. The van der Waals surface area contributed by atoms with Crippen LogP contribution in [0.25, 0.3) is 22.4 Å². The van der Waals surface area contributed by atoms with Crippen molar-refractivity contribution < 1.29 is 10.1 Å². The first-order chi connectivity index (χ1) is 9.56. The number of imidazole rings is 1. The zero-order valence-corrected chi connectivity index (χ0v) is 10.2. The molecule has 0 amide bonds. The van der Waals surface area contributed by atoms with Crippen molar-refractivity contribution in [3.05, 3.63) is 52.6 Å². The molecule has 2 aromatic carbocycles. The minimum Gasteiger partial charge on any atom is -0.426 e. The van der Waals surface area contributed by atoms with Gasteiger partial charge in [0.05, 0.1) is 10.4 Å². The Morgan fingerprint density at radius 3 is 2.75 bits per heavy atom. The molecule has 7 heteroatoms. The van der Waals surface area contributed by atoms with Gasteiger partial charge in [0.2, 0.25) is 0 Å². The Hall–Kier alpha value is -3.09. The lowest BCUT2D eigenvalue weighted by molar-refractivity contribution is -0.384. The van der Waals surface area contributed by atoms with E-state index in [0.717, 1.165) is 4.73 Å². The van der Waals surface area contributed by atoms with Crippen molar-refractivity contribution in [1.82, 2.24) is 9.71 Å². The number of nitrogens with two attached hydrogens (primary N) is 1. The predicted molar refractivity (Wildman–Crippen MR) is 73.4 cm³/mol. The second-order valence-corrected chi connectivity index (χ2v) is 4.30. The Morgan fingerprint density at radius 1 is 1.25 bits per heavy atom. The van der Waals surface area contributed by atoms with Crippen LogP contribution in [0.1, 0.15) is 0 Å². The maximum Gasteiger partial charge on any atom is 0.271 e. The molecule has 20 heavy (non-hydrogen) atoms. The molecule has 0 aliphatic heterocycles. The van der Waals surface area contributed by atoms with Crippen LogP contribution >= 0.6 is 0 Å². The van der Waals surface area contributed by atoms with Gasteiger partial charge in [0.1, 0.15) is 5.52 Å². The molecular weight excluding hydrogens is 260 g/mol. The lowest BCUT2D eigenvalue weighted by Gasteiger charge is -2.01. The molecule has 7 nitrogen and oxygen atoms in total. The molecular formula is C13H10N4O3. The number of nitrogens with zero attached hydrogens (tertiary/aromatic N) is 3. The molecule has 0 aliphatic rings. The summed E-state index contributed by atoms with van der Waals surface area (Å²) in [6.07, 6.45) is 0. The van der Waals surface area contributed by atoms with Gasteiger partial charge in [0, 0.05) is 23.4 Å². The van der Waals surface area contributed by atoms with Crippen LogP contribution in [0.3, 0.4) is 0 Å². The van der Waals surface area contributed by atoms with Crippen molar-refractivity contribution >= 4 is 22.4 Å². The SMILES string of the molecule is Nc1cccc(-c2nc3ccc([N+](=O)[O-])cc3n2O)c1. The van der Waals surface area contributed by atoms with Gasteiger partial charge in [-0.3, -0.25) is 10.1 Å². The predicted octanol–water partition coefficient (Wildman–Crippen LogP) is 2.43. The fourth-order valence-electron chi connectivity index (χ4n) is 2.03. The number of benzene rings is 2. The molecule has 0 atom stereocenters. The first-order valence-electron chi connectivity index (χ1n) is 5.78. The third-order valence-corrected chi connectivity index (χ3v) is 2.97. The maximum absolute atomic E-state index is 10.8. The maximum atomic E-state index is 10.8. The van der Waals surface area contributed by atoms with E-state index in [4.69, 9.17) is 5.73 Å². The van der Waals surface area contributed by atoms with E-state index in [-0.39, 0.29) is 17.0 Å². The first-order valence-corrected chi connectivity index (χ1v) is 5.78. The fraction of sp³-hybridized carbons (Fsp3) is 0. The van der Waals surface area contributed by atoms with Gasteiger partial charge in [-0.15, -0.1) is 0 Å². The van der Waals surface area contributed by atoms with E-state index >= 15 is 0 Å². The highest BCUT2D eigenvalue weighted by molar-refractivity contribution is 5.82. The van der Waals surface area contributed by atoms with E-state index in [0.29, 0.717) is 16.8 Å². The lowest BCUT2D eigenvalue weighted by atomic mass is 10.2. The molecule has 0 saturated carbocycles. The van der Waals surface area contributed by atoms with E-state index in [2.05, 4.69) is 4.98 Å². The number of nitro groups is 1. The van der Waals surface area contributed by atoms with Gasteiger partial charge in [-0.25, -0.2) is 4.98 Å². The number of fused-ring (bicyclic) bond motifs is 1. The van der Waals surface area contributed by atoms with Gasteiger partial charge in [0.25, 0.3) is 5.69 Å². The molecule has 0 spiro atoms. The Bertz CT molecular complexity index is 826. The molecule has 0 fully saturated rings. The topological polar surface area (TPSA) is 107 Å². The van der Waals surface area contributed by atoms with Gasteiger partial charge in [0.15, 0.2) is 5.82 Å². The zero-order valence-electron chi connectivity index (χ0n) is 10.2. The summed E-state index contributed by atoms with van der Waals surface area (Å²) in [6, 6.07) is 11.0. The van der Waals surface area contributed by atoms with Crippen LogP contribution in [-0.2, 0) is 0 Å². The number of nitro benzene ring substituents is 1. The number of non-ortho nitro benzene ring substituents is 1. The number of anilines is 1. The molecule has 0 radical (unpaired) electrons. The zero-order chi connectivity index (χ0) is 14.3. The van der Waals surface area contributed by atoms with Crippen LogP contribution in [0, 0.1) is 10.1 Å². The smallest absolute Gasteiger partial charge is 0.271 e. The van der Waals surface area contributed by atoms with Crippen LogP contribution < -0.4 is 5.73 Å². The number of hydrogen-bond donors (Lipinski definition) is 2. The highest BCUT2D eigenvalue weighted by atomic mass is 16.6. The Morgan fingerprint density at radius 2 is 2.05 bits per heavy atom. The summed E-state index contributed by atoms with van der Waals surface area (Å²) in [5.74, 6) is 0.285. The molecule has 3 rings (SSSR count). The number of rotatable bonds is 2. The average molecular weight is 270 g/mol. The van der Waals surface area contributed by atoms with Crippen molar-refractivity contribution in [3.8, 4) is 11.4 Å². The number of hydrogen-bond acceptors (Lipinski definition) is 5. The van der Waals surface area contributed by atoms with Gasteiger partial charge < -0.3 is 10.9 Å². The van der Waals surface area contributed by atoms with E-state index in [9.17, 15) is 15.3 Å². The molecule has 1 heterocycles. The van der Waals surface area contributed by atoms with E-state index in [1.807, 2.05) is 0 Å².